The molecule has 23 heavy (non-hydrogen) atoms. The first kappa shape index (κ1) is 16.4. The van der Waals surface area contributed by atoms with Gasteiger partial charge in [0.15, 0.2) is 8.32 Å². The maximum Gasteiger partial charge on any atom is 0.273 e. The van der Waals surface area contributed by atoms with Crippen molar-refractivity contribution in [2.75, 3.05) is 0 Å². The van der Waals surface area contributed by atoms with Crippen molar-refractivity contribution >= 4 is 35.3 Å². The first-order chi connectivity index (χ1) is 10.6. The molecule has 5 nitrogen and oxygen atoms in total. The number of aryl methyl sites for hydroxylation is 1. The van der Waals surface area contributed by atoms with Crippen LogP contribution in [-0.2, 0) is 11.0 Å². The Morgan fingerprint density at radius 3 is 2.74 bits per heavy atom. The third-order valence-electron chi connectivity index (χ3n) is 4.91. The molecule has 0 aromatic carbocycles. The minimum absolute atomic E-state index is 0.130. The summed E-state index contributed by atoms with van der Waals surface area (Å²) in [5, 5.41) is 8.28. The normalized spacial score (nSPS) is 13.3. The Bertz CT molecular complexity index is 930. The van der Waals surface area contributed by atoms with E-state index in [0.29, 0.717) is 6.61 Å². The lowest BCUT2D eigenvalue weighted by atomic mass is 10.2. The second kappa shape index (κ2) is 5.29. The zero-order valence-electron chi connectivity index (χ0n) is 14.5. The van der Waals surface area contributed by atoms with Crippen molar-refractivity contribution in [2.45, 2.75) is 52.4 Å². The van der Waals surface area contributed by atoms with Crippen LogP contribution in [0.5, 0.6) is 0 Å². The monoisotopic (exact) mass is 349 g/mol. The van der Waals surface area contributed by atoms with Gasteiger partial charge in [-0.25, -0.2) is 5.10 Å². The smallest absolute Gasteiger partial charge is 0.273 e. The van der Waals surface area contributed by atoms with Gasteiger partial charge in [-0.2, -0.15) is 5.10 Å². The summed E-state index contributed by atoms with van der Waals surface area (Å²) in [6.07, 6.45) is 3.82. The van der Waals surface area contributed by atoms with Crippen molar-refractivity contribution < 1.29 is 4.43 Å². The van der Waals surface area contributed by atoms with Crippen LogP contribution in [-0.4, -0.2) is 22.9 Å². The number of H-pyrrole nitrogens is 1. The molecule has 0 saturated carbocycles. The number of hydrogen-bond donors (Lipinski definition) is 1. The number of aromatic amines is 1. The number of thiazole rings is 1. The van der Waals surface area contributed by atoms with Crippen molar-refractivity contribution in [2.24, 2.45) is 0 Å². The Morgan fingerprint density at radius 2 is 2.09 bits per heavy atom. The largest absolute Gasteiger partial charge is 0.412 e. The molecule has 7 heteroatoms. The predicted molar refractivity (Wildman–Crippen MR) is 97.9 cm³/mol. The third kappa shape index (κ3) is 2.66. The van der Waals surface area contributed by atoms with Gasteiger partial charge in [-0.3, -0.25) is 4.79 Å². The minimum atomic E-state index is -1.76. The number of aromatic nitrogens is 3. The average molecular weight is 350 g/mol. The summed E-state index contributed by atoms with van der Waals surface area (Å²) < 4.78 is 8.39. The Labute approximate surface area is 140 Å². The molecule has 0 aliphatic rings. The summed E-state index contributed by atoms with van der Waals surface area (Å²) in [6, 6.07) is 0. The standard InChI is InChI=1S/C16H23N3O2SSi/c1-10-13-12(7-17-18-14(13)20)15-19(10)8-11(22-15)9-21-23(5,6)16(2,3)4/h7-8H,9H2,1-6H3,(H,18,20). The summed E-state index contributed by atoms with van der Waals surface area (Å²) in [6.45, 7) is 13.9. The molecule has 0 bridgehead atoms. The van der Waals surface area contributed by atoms with Gasteiger partial charge in [-0.1, -0.05) is 20.8 Å². The lowest BCUT2D eigenvalue weighted by Gasteiger charge is -2.35. The van der Waals surface area contributed by atoms with Crippen molar-refractivity contribution in [3.63, 3.8) is 0 Å². The van der Waals surface area contributed by atoms with Crippen LogP contribution in [0.4, 0.5) is 0 Å². The van der Waals surface area contributed by atoms with Crippen molar-refractivity contribution in [3.8, 4) is 0 Å². The number of hydrogen-bond acceptors (Lipinski definition) is 4. The van der Waals surface area contributed by atoms with Gasteiger partial charge in [0.05, 0.1) is 18.2 Å². The molecule has 1 N–H and O–H groups in total. The average Bonchev–Trinajstić information content (AvgIpc) is 2.96. The second-order valence-electron chi connectivity index (χ2n) is 7.49. The molecule has 0 saturated heterocycles. The van der Waals surface area contributed by atoms with Crippen LogP contribution >= 0.6 is 11.3 Å². The predicted octanol–water partition coefficient (Wildman–Crippen LogP) is 4.07. The number of nitrogens with zero attached hydrogens (tertiary/aromatic N) is 2. The molecule has 0 unspecified atom stereocenters. The lowest BCUT2D eigenvalue weighted by Crippen LogP contribution is -2.40. The number of rotatable bonds is 3. The SMILES string of the molecule is Cc1c2c(=O)[nH]ncc2c2sc(CO[Si](C)(C)C(C)(C)C)cn12. The zero-order valence-corrected chi connectivity index (χ0v) is 16.3. The van der Waals surface area contributed by atoms with Crippen LogP contribution in [0.15, 0.2) is 17.2 Å². The first-order valence-electron chi connectivity index (χ1n) is 7.72. The van der Waals surface area contributed by atoms with E-state index in [1.807, 2.05) is 6.92 Å². The number of fused-ring (bicyclic) bond motifs is 3. The van der Waals surface area contributed by atoms with Gasteiger partial charge in [0.2, 0.25) is 0 Å². The molecule has 0 atom stereocenters. The van der Waals surface area contributed by atoms with Gasteiger partial charge in [-0.15, -0.1) is 11.3 Å². The van der Waals surface area contributed by atoms with E-state index in [-0.39, 0.29) is 10.6 Å². The van der Waals surface area contributed by atoms with Crippen molar-refractivity contribution in [3.05, 3.63) is 33.3 Å². The molecular weight excluding hydrogens is 326 g/mol. The topological polar surface area (TPSA) is 59.4 Å². The van der Waals surface area contributed by atoms with E-state index in [9.17, 15) is 4.79 Å². The van der Waals surface area contributed by atoms with Crippen LogP contribution in [0.2, 0.25) is 18.1 Å². The molecule has 3 rings (SSSR count). The summed E-state index contributed by atoms with van der Waals surface area (Å²) >= 11 is 1.68. The van der Waals surface area contributed by atoms with Crippen LogP contribution in [0.3, 0.4) is 0 Å². The van der Waals surface area contributed by atoms with Crippen LogP contribution < -0.4 is 5.56 Å². The van der Waals surface area contributed by atoms with Crippen molar-refractivity contribution in [1.82, 2.24) is 14.6 Å². The Kier molecular flexibility index (Phi) is 3.77. The first-order valence-corrected chi connectivity index (χ1v) is 11.4. The van der Waals surface area contributed by atoms with E-state index in [1.165, 1.54) is 4.88 Å². The van der Waals surface area contributed by atoms with Gasteiger partial charge in [0, 0.05) is 22.2 Å². The van der Waals surface area contributed by atoms with Gasteiger partial charge < -0.3 is 8.83 Å². The molecule has 0 aliphatic carbocycles. The maximum atomic E-state index is 12.0. The van der Waals surface area contributed by atoms with E-state index in [1.54, 1.807) is 17.5 Å². The summed E-state index contributed by atoms with van der Waals surface area (Å²) in [5.74, 6) is 0. The van der Waals surface area contributed by atoms with Crippen molar-refractivity contribution in [1.29, 1.82) is 0 Å². The molecule has 0 spiro atoms. The highest BCUT2D eigenvalue weighted by Crippen LogP contribution is 2.38. The Balaban J connectivity index is 1.98. The van der Waals surface area contributed by atoms with Gasteiger partial charge in [-0.05, 0) is 25.1 Å². The number of nitrogens with one attached hydrogen (secondary N) is 1. The second-order valence-corrected chi connectivity index (χ2v) is 13.4. The Hall–Kier alpha value is -1.44. The molecule has 0 aliphatic heterocycles. The summed E-state index contributed by atoms with van der Waals surface area (Å²) in [7, 11) is -1.76. The van der Waals surface area contributed by atoms with Gasteiger partial charge in [0.25, 0.3) is 5.56 Å². The quantitative estimate of drug-likeness (QED) is 0.725. The molecule has 124 valence electrons. The van der Waals surface area contributed by atoms with E-state index in [0.717, 1.165) is 21.3 Å². The molecule has 3 aromatic heterocycles. The van der Waals surface area contributed by atoms with Crippen LogP contribution in [0, 0.1) is 6.92 Å². The molecule has 3 aromatic rings. The van der Waals surface area contributed by atoms with E-state index in [2.05, 4.69) is 54.7 Å². The summed E-state index contributed by atoms with van der Waals surface area (Å²) in [5.41, 5.74) is 0.823. The van der Waals surface area contributed by atoms with E-state index < -0.39 is 8.32 Å². The zero-order chi connectivity index (χ0) is 17.0. The summed E-state index contributed by atoms with van der Waals surface area (Å²) in [4.78, 5) is 14.2. The van der Waals surface area contributed by atoms with Crippen LogP contribution in [0.25, 0.3) is 15.6 Å². The molecule has 0 amide bonds. The highest BCUT2D eigenvalue weighted by atomic mass is 32.1. The maximum absolute atomic E-state index is 12.0. The molecule has 0 fully saturated rings. The molecule has 0 radical (unpaired) electrons. The minimum Gasteiger partial charge on any atom is -0.412 e. The Morgan fingerprint density at radius 1 is 1.39 bits per heavy atom. The lowest BCUT2D eigenvalue weighted by molar-refractivity contribution is 0.279. The fraction of sp³-hybridized carbons (Fsp3) is 0.500. The highest BCUT2D eigenvalue weighted by molar-refractivity contribution is 7.18. The van der Waals surface area contributed by atoms with Gasteiger partial charge in [0.1, 0.15) is 4.83 Å². The van der Waals surface area contributed by atoms with Gasteiger partial charge >= 0.3 is 0 Å². The van der Waals surface area contributed by atoms with E-state index in [4.69, 9.17) is 4.43 Å². The highest BCUT2D eigenvalue weighted by Gasteiger charge is 2.37. The molecular formula is C16H23N3O2SSi. The fourth-order valence-electron chi connectivity index (χ4n) is 2.41. The third-order valence-corrected chi connectivity index (χ3v) is 10.5. The fourth-order valence-corrected chi connectivity index (χ4v) is 4.54. The van der Waals surface area contributed by atoms with E-state index >= 15 is 0 Å². The molecule has 3 heterocycles. The van der Waals surface area contributed by atoms with Crippen LogP contribution in [0.1, 0.15) is 31.3 Å².